The predicted molar refractivity (Wildman–Crippen MR) is 113 cm³/mol. The van der Waals surface area contributed by atoms with Crippen LogP contribution in [0.2, 0.25) is 0 Å². The largest absolute Gasteiger partial charge is 0.305 e. The molecule has 0 aliphatic heterocycles. The van der Waals surface area contributed by atoms with Crippen LogP contribution < -0.4 is 0 Å². The minimum atomic E-state index is 1.07. The van der Waals surface area contributed by atoms with Gasteiger partial charge in [0.25, 0.3) is 0 Å². The SMILES string of the molecule is CCCN(CCN(C)CCCSC1=CC=CCC1)Cc1ccccc1. The highest BCUT2D eigenvalue weighted by atomic mass is 32.2. The van der Waals surface area contributed by atoms with Gasteiger partial charge in [0.15, 0.2) is 0 Å². The van der Waals surface area contributed by atoms with Crippen LogP contribution in [0.5, 0.6) is 0 Å². The highest BCUT2D eigenvalue weighted by molar-refractivity contribution is 8.03. The minimum Gasteiger partial charge on any atom is -0.305 e. The Labute approximate surface area is 159 Å². The van der Waals surface area contributed by atoms with Gasteiger partial charge in [-0.25, -0.2) is 0 Å². The average molecular weight is 359 g/mol. The van der Waals surface area contributed by atoms with Crippen LogP contribution in [0, 0.1) is 0 Å². The standard InChI is InChI=1S/C22H34N2S/c1-3-15-24(20-21-11-6-4-7-12-21)18-17-23(2)16-10-19-25-22-13-8-5-9-14-22/h4-8,11-13H,3,9-10,14-20H2,1-2H3. The fraction of sp³-hybridized carbons (Fsp3) is 0.545. The maximum Gasteiger partial charge on any atom is 0.0234 e. The molecule has 1 aromatic rings. The van der Waals surface area contributed by atoms with E-state index in [0.717, 1.165) is 19.6 Å². The molecule has 2 rings (SSSR count). The molecule has 2 nitrogen and oxygen atoms in total. The van der Waals surface area contributed by atoms with Gasteiger partial charge in [-0.05, 0) is 62.0 Å². The molecule has 0 aromatic heterocycles. The number of benzene rings is 1. The van der Waals surface area contributed by atoms with Crippen LogP contribution >= 0.6 is 11.8 Å². The Hall–Kier alpha value is -1.03. The zero-order valence-corrected chi connectivity index (χ0v) is 16.8. The van der Waals surface area contributed by atoms with E-state index in [-0.39, 0.29) is 0 Å². The monoisotopic (exact) mass is 358 g/mol. The smallest absolute Gasteiger partial charge is 0.0234 e. The molecule has 0 saturated heterocycles. The molecule has 0 heterocycles. The lowest BCUT2D eigenvalue weighted by Crippen LogP contribution is -2.34. The van der Waals surface area contributed by atoms with E-state index in [1.54, 1.807) is 4.91 Å². The Kier molecular flexibility index (Phi) is 10.0. The van der Waals surface area contributed by atoms with Gasteiger partial charge in [0.1, 0.15) is 0 Å². The van der Waals surface area contributed by atoms with Crippen LogP contribution in [0.3, 0.4) is 0 Å². The molecule has 0 radical (unpaired) electrons. The molecule has 25 heavy (non-hydrogen) atoms. The molecule has 138 valence electrons. The van der Waals surface area contributed by atoms with Gasteiger partial charge in [-0.1, -0.05) is 55.5 Å². The fourth-order valence-electron chi connectivity index (χ4n) is 3.09. The third-order valence-electron chi connectivity index (χ3n) is 4.53. The average Bonchev–Trinajstić information content (AvgIpc) is 2.65. The van der Waals surface area contributed by atoms with Crippen molar-refractivity contribution in [1.29, 1.82) is 0 Å². The summed E-state index contributed by atoms with van der Waals surface area (Å²) in [5.41, 5.74) is 1.42. The maximum atomic E-state index is 2.58. The van der Waals surface area contributed by atoms with Crippen LogP contribution in [-0.2, 0) is 6.54 Å². The molecule has 0 fully saturated rings. The van der Waals surface area contributed by atoms with Crippen molar-refractivity contribution in [3.8, 4) is 0 Å². The summed E-state index contributed by atoms with van der Waals surface area (Å²) in [6.45, 7) is 8.03. The molecule has 3 heteroatoms. The van der Waals surface area contributed by atoms with Crippen molar-refractivity contribution < 1.29 is 0 Å². The molecule has 0 unspecified atom stereocenters. The molecule has 0 spiro atoms. The van der Waals surface area contributed by atoms with Crippen molar-refractivity contribution >= 4 is 11.8 Å². The highest BCUT2D eigenvalue weighted by Crippen LogP contribution is 2.24. The summed E-state index contributed by atoms with van der Waals surface area (Å²) in [5.74, 6) is 1.24. The molecule has 0 atom stereocenters. The van der Waals surface area contributed by atoms with E-state index >= 15 is 0 Å². The number of hydrogen-bond acceptors (Lipinski definition) is 3. The first-order valence-corrected chi connectivity index (χ1v) is 10.7. The first kappa shape index (κ1) is 20.3. The van der Waals surface area contributed by atoms with E-state index in [9.17, 15) is 0 Å². The second kappa shape index (κ2) is 12.3. The van der Waals surface area contributed by atoms with Gasteiger partial charge < -0.3 is 4.90 Å². The summed E-state index contributed by atoms with van der Waals surface area (Å²) in [6, 6.07) is 10.8. The third-order valence-corrected chi connectivity index (χ3v) is 5.74. The first-order valence-electron chi connectivity index (χ1n) is 9.71. The van der Waals surface area contributed by atoms with Crippen LogP contribution in [0.1, 0.15) is 38.2 Å². The number of thioether (sulfide) groups is 1. The zero-order valence-electron chi connectivity index (χ0n) is 16.0. The number of rotatable bonds is 12. The van der Waals surface area contributed by atoms with E-state index in [0.29, 0.717) is 0 Å². The molecule has 0 N–H and O–H groups in total. The lowest BCUT2D eigenvalue weighted by molar-refractivity contribution is 0.219. The summed E-state index contributed by atoms with van der Waals surface area (Å²) in [4.78, 5) is 6.63. The summed E-state index contributed by atoms with van der Waals surface area (Å²) in [6.07, 6.45) is 11.7. The summed E-state index contributed by atoms with van der Waals surface area (Å²) in [5, 5.41) is 0. The summed E-state index contributed by atoms with van der Waals surface area (Å²) < 4.78 is 0. The van der Waals surface area contributed by atoms with E-state index in [1.807, 2.05) is 11.8 Å². The van der Waals surface area contributed by atoms with Gasteiger partial charge in [0.05, 0.1) is 0 Å². The van der Waals surface area contributed by atoms with Crippen molar-refractivity contribution in [1.82, 2.24) is 9.80 Å². The maximum absolute atomic E-state index is 2.58. The summed E-state index contributed by atoms with van der Waals surface area (Å²) >= 11 is 2.05. The molecule has 1 aromatic carbocycles. The van der Waals surface area contributed by atoms with E-state index < -0.39 is 0 Å². The molecular formula is C22H34N2S. The number of nitrogens with zero attached hydrogens (tertiary/aromatic N) is 2. The van der Waals surface area contributed by atoms with E-state index in [2.05, 4.69) is 72.3 Å². The fourth-order valence-corrected chi connectivity index (χ4v) is 4.06. The Balaban J connectivity index is 1.61. The molecule has 1 aliphatic carbocycles. The van der Waals surface area contributed by atoms with Gasteiger partial charge in [-0.15, -0.1) is 11.8 Å². The minimum absolute atomic E-state index is 1.07. The topological polar surface area (TPSA) is 6.48 Å². The molecule has 0 bridgehead atoms. The van der Waals surface area contributed by atoms with Gasteiger partial charge in [-0.2, -0.15) is 0 Å². The normalized spacial score (nSPS) is 14.3. The van der Waals surface area contributed by atoms with Gasteiger partial charge in [0, 0.05) is 19.6 Å². The van der Waals surface area contributed by atoms with Crippen LogP contribution in [0.25, 0.3) is 0 Å². The Morgan fingerprint density at radius 1 is 1.04 bits per heavy atom. The van der Waals surface area contributed by atoms with Crippen molar-refractivity contribution in [2.45, 2.75) is 39.2 Å². The quantitative estimate of drug-likeness (QED) is 0.475. The molecule has 0 saturated carbocycles. The van der Waals surface area contributed by atoms with Gasteiger partial charge in [0.2, 0.25) is 0 Å². The van der Waals surface area contributed by atoms with Crippen molar-refractivity contribution in [3.63, 3.8) is 0 Å². The van der Waals surface area contributed by atoms with Gasteiger partial charge >= 0.3 is 0 Å². The summed E-state index contributed by atoms with van der Waals surface area (Å²) in [7, 11) is 2.26. The third kappa shape index (κ3) is 8.75. The molecule has 0 amide bonds. The van der Waals surface area contributed by atoms with Crippen LogP contribution in [0.4, 0.5) is 0 Å². The predicted octanol–water partition coefficient (Wildman–Crippen LogP) is 5.19. The first-order chi connectivity index (χ1) is 12.3. The van der Waals surface area contributed by atoms with E-state index in [1.165, 1.54) is 50.1 Å². The zero-order chi connectivity index (χ0) is 17.7. The Morgan fingerprint density at radius 3 is 2.60 bits per heavy atom. The molecule has 1 aliphatic rings. The number of allylic oxidation sites excluding steroid dienone is 4. The lowest BCUT2D eigenvalue weighted by Gasteiger charge is -2.25. The Morgan fingerprint density at radius 2 is 1.88 bits per heavy atom. The highest BCUT2D eigenvalue weighted by Gasteiger charge is 2.07. The van der Waals surface area contributed by atoms with E-state index in [4.69, 9.17) is 0 Å². The van der Waals surface area contributed by atoms with Crippen molar-refractivity contribution in [2.24, 2.45) is 0 Å². The van der Waals surface area contributed by atoms with Crippen molar-refractivity contribution in [3.05, 3.63) is 59.0 Å². The van der Waals surface area contributed by atoms with Crippen molar-refractivity contribution in [2.75, 3.05) is 39.0 Å². The van der Waals surface area contributed by atoms with Gasteiger partial charge in [-0.3, -0.25) is 4.90 Å². The Bertz CT molecular complexity index is 524. The van der Waals surface area contributed by atoms with Crippen LogP contribution in [-0.4, -0.2) is 48.8 Å². The second-order valence-corrected chi connectivity index (χ2v) is 8.09. The second-order valence-electron chi connectivity index (χ2n) is 6.87. The van der Waals surface area contributed by atoms with Crippen LogP contribution in [0.15, 0.2) is 53.5 Å². The lowest BCUT2D eigenvalue weighted by atomic mass is 10.2. The molecular weight excluding hydrogens is 324 g/mol. The number of hydrogen-bond donors (Lipinski definition) is 0. The number of likely N-dealkylation sites (N-methyl/N-ethyl adjacent to an activating group) is 1.